The van der Waals surface area contributed by atoms with E-state index in [0.717, 1.165) is 17.7 Å². The molecule has 0 amide bonds. The molecule has 0 radical (unpaired) electrons. The lowest BCUT2D eigenvalue weighted by atomic mass is 9.86. The second kappa shape index (κ2) is 9.28. The number of aliphatic imine (C=N–C) groups is 1. The van der Waals surface area contributed by atoms with Crippen molar-refractivity contribution in [2.24, 2.45) is 16.8 Å². The summed E-state index contributed by atoms with van der Waals surface area (Å²) in [4.78, 5) is 17.3. The number of rotatable bonds is 8. The predicted molar refractivity (Wildman–Crippen MR) is 111 cm³/mol. The molecule has 26 heavy (non-hydrogen) atoms. The lowest BCUT2D eigenvalue weighted by molar-refractivity contribution is -0.121. The van der Waals surface area contributed by atoms with Crippen LogP contribution in [0.5, 0.6) is 0 Å². The first-order valence-corrected chi connectivity index (χ1v) is 9.19. The summed E-state index contributed by atoms with van der Waals surface area (Å²) >= 11 is 0. The molecular weight excluding hydrogens is 318 g/mol. The van der Waals surface area contributed by atoms with Gasteiger partial charge < -0.3 is 0 Å². The summed E-state index contributed by atoms with van der Waals surface area (Å²) in [5.74, 6) is 0.133. The Balaban J connectivity index is 2.08. The molecule has 0 fully saturated rings. The molecule has 2 nitrogen and oxygen atoms in total. The van der Waals surface area contributed by atoms with Crippen molar-refractivity contribution in [1.82, 2.24) is 0 Å². The van der Waals surface area contributed by atoms with Crippen LogP contribution in [0.25, 0.3) is 0 Å². The quantitative estimate of drug-likeness (QED) is 0.467. The maximum Gasteiger partial charge on any atom is 0.142 e. The van der Waals surface area contributed by atoms with E-state index >= 15 is 0 Å². The molecular formula is C24H29NO. The Morgan fingerprint density at radius 1 is 1.12 bits per heavy atom. The van der Waals surface area contributed by atoms with Gasteiger partial charge in [-0.2, -0.15) is 0 Å². The molecule has 2 atom stereocenters. The Bertz CT molecular complexity index is 789. The average Bonchev–Trinajstić information content (AvgIpc) is 2.65. The summed E-state index contributed by atoms with van der Waals surface area (Å²) in [6, 6.07) is 16.4. The Morgan fingerprint density at radius 3 is 2.38 bits per heavy atom. The van der Waals surface area contributed by atoms with Crippen molar-refractivity contribution in [3.05, 3.63) is 83.4 Å². The lowest BCUT2D eigenvalue weighted by Crippen LogP contribution is -2.24. The first-order chi connectivity index (χ1) is 12.5. The Morgan fingerprint density at radius 2 is 1.81 bits per heavy atom. The third-order valence-corrected chi connectivity index (χ3v) is 5.07. The van der Waals surface area contributed by atoms with Crippen LogP contribution in [0, 0.1) is 25.7 Å². The van der Waals surface area contributed by atoms with Gasteiger partial charge >= 0.3 is 0 Å². The van der Waals surface area contributed by atoms with Crippen molar-refractivity contribution < 1.29 is 4.79 Å². The summed E-state index contributed by atoms with van der Waals surface area (Å²) in [6.07, 6.45) is 3.24. The number of hydrogen-bond donors (Lipinski definition) is 0. The lowest BCUT2D eigenvalue weighted by Gasteiger charge is -2.18. The highest BCUT2D eigenvalue weighted by atomic mass is 16.1. The molecule has 2 unspecified atom stereocenters. The van der Waals surface area contributed by atoms with E-state index in [1.54, 1.807) is 7.05 Å². The average molecular weight is 348 g/mol. The first kappa shape index (κ1) is 19.8. The zero-order chi connectivity index (χ0) is 19.1. The van der Waals surface area contributed by atoms with E-state index in [-0.39, 0.29) is 17.6 Å². The number of ketones is 1. The summed E-state index contributed by atoms with van der Waals surface area (Å²) in [5, 5.41) is 0. The molecule has 0 bridgehead atoms. The second-order valence-electron chi connectivity index (χ2n) is 6.99. The number of Topliss-reactive ketones (excluding diaryl/α,β-unsaturated/α-hetero) is 1. The van der Waals surface area contributed by atoms with Crippen molar-refractivity contribution in [3.8, 4) is 0 Å². The number of nitrogens with zero attached hydrogens (tertiary/aromatic N) is 1. The highest BCUT2D eigenvalue weighted by Gasteiger charge is 2.22. The molecule has 0 N–H and O–H groups in total. The van der Waals surface area contributed by atoms with Crippen LogP contribution in [0.15, 0.2) is 66.2 Å². The van der Waals surface area contributed by atoms with Gasteiger partial charge in [0.15, 0.2) is 0 Å². The highest BCUT2D eigenvalue weighted by molar-refractivity contribution is 6.13. The number of aryl methyl sites for hydroxylation is 2. The van der Waals surface area contributed by atoms with E-state index in [1.807, 2.05) is 43.3 Å². The zero-order valence-electron chi connectivity index (χ0n) is 16.3. The molecule has 2 aromatic rings. The van der Waals surface area contributed by atoms with Gasteiger partial charge in [0.25, 0.3) is 0 Å². The fourth-order valence-electron chi connectivity index (χ4n) is 3.24. The van der Waals surface area contributed by atoms with Crippen molar-refractivity contribution in [1.29, 1.82) is 0 Å². The van der Waals surface area contributed by atoms with Gasteiger partial charge in [-0.15, -0.1) is 6.58 Å². The number of hydrogen-bond acceptors (Lipinski definition) is 2. The van der Waals surface area contributed by atoms with Gasteiger partial charge in [0, 0.05) is 13.5 Å². The van der Waals surface area contributed by atoms with Crippen LogP contribution in [-0.4, -0.2) is 18.5 Å². The van der Waals surface area contributed by atoms with Gasteiger partial charge in [-0.3, -0.25) is 9.79 Å². The normalized spacial score (nSPS) is 13.9. The minimum absolute atomic E-state index is 0.140. The smallest absolute Gasteiger partial charge is 0.142 e. The minimum Gasteiger partial charge on any atom is -0.299 e. The van der Waals surface area contributed by atoms with Gasteiger partial charge in [0.1, 0.15) is 5.78 Å². The van der Waals surface area contributed by atoms with Crippen LogP contribution >= 0.6 is 0 Å². The molecule has 0 saturated carbocycles. The third kappa shape index (κ3) is 5.01. The molecule has 2 heteroatoms. The van der Waals surface area contributed by atoms with E-state index in [1.165, 1.54) is 16.7 Å². The largest absolute Gasteiger partial charge is 0.299 e. The fraction of sp³-hybridized carbons (Fsp3) is 0.333. The van der Waals surface area contributed by atoms with Crippen molar-refractivity contribution in [2.45, 2.75) is 33.6 Å². The van der Waals surface area contributed by atoms with Crippen LogP contribution < -0.4 is 0 Å². The summed E-state index contributed by atoms with van der Waals surface area (Å²) in [6.45, 7) is 10.1. The van der Waals surface area contributed by atoms with Crippen molar-refractivity contribution in [3.63, 3.8) is 0 Å². The predicted octanol–water partition coefficient (Wildman–Crippen LogP) is 5.36. The molecule has 0 aromatic heterocycles. The molecule has 0 spiro atoms. The molecule has 0 aliphatic carbocycles. The molecule has 0 saturated heterocycles. The van der Waals surface area contributed by atoms with Crippen LogP contribution in [0.4, 0.5) is 0 Å². The van der Waals surface area contributed by atoms with E-state index in [4.69, 9.17) is 0 Å². The number of allylic oxidation sites excluding steroid dienone is 1. The third-order valence-electron chi connectivity index (χ3n) is 5.07. The van der Waals surface area contributed by atoms with E-state index < -0.39 is 0 Å². The topological polar surface area (TPSA) is 29.4 Å². The van der Waals surface area contributed by atoms with Crippen LogP contribution in [0.1, 0.15) is 35.6 Å². The SMILES string of the molecule is C=CC(CC(=O)C(C)C(=NC)c1ccccc1)Cc1ccc(C)c(C)c1. The highest BCUT2D eigenvalue weighted by Crippen LogP contribution is 2.20. The molecule has 0 aliphatic rings. The summed E-state index contributed by atoms with van der Waals surface area (Å²) in [7, 11) is 1.76. The van der Waals surface area contributed by atoms with Crippen LogP contribution in [-0.2, 0) is 11.2 Å². The van der Waals surface area contributed by atoms with Gasteiger partial charge in [-0.1, -0.05) is 54.6 Å². The molecule has 136 valence electrons. The second-order valence-corrected chi connectivity index (χ2v) is 6.99. The Labute approximate surface area is 157 Å². The maximum absolute atomic E-state index is 12.9. The van der Waals surface area contributed by atoms with Crippen molar-refractivity contribution in [2.75, 3.05) is 7.05 Å². The number of carbonyl (C=O) groups excluding carboxylic acids is 1. The number of carbonyl (C=O) groups is 1. The molecule has 2 rings (SSSR count). The fourth-order valence-corrected chi connectivity index (χ4v) is 3.24. The van der Waals surface area contributed by atoms with Gasteiger partial charge in [-0.25, -0.2) is 0 Å². The minimum atomic E-state index is -0.218. The first-order valence-electron chi connectivity index (χ1n) is 9.19. The molecule has 0 aliphatic heterocycles. The van der Waals surface area contributed by atoms with Gasteiger partial charge in [0.05, 0.1) is 11.6 Å². The Hall–Kier alpha value is -2.48. The summed E-state index contributed by atoms with van der Waals surface area (Å²) < 4.78 is 0. The summed E-state index contributed by atoms with van der Waals surface area (Å²) in [5.41, 5.74) is 5.70. The molecule has 2 aromatic carbocycles. The van der Waals surface area contributed by atoms with Crippen LogP contribution in [0.2, 0.25) is 0 Å². The van der Waals surface area contributed by atoms with E-state index in [2.05, 4.69) is 43.6 Å². The van der Waals surface area contributed by atoms with Gasteiger partial charge in [-0.05, 0) is 55.4 Å². The maximum atomic E-state index is 12.9. The zero-order valence-corrected chi connectivity index (χ0v) is 16.3. The monoisotopic (exact) mass is 347 g/mol. The number of benzene rings is 2. The van der Waals surface area contributed by atoms with Gasteiger partial charge in [0.2, 0.25) is 0 Å². The van der Waals surface area contributed by atoms with Crippen LogP contribution in [0.3, 0.4) is 0 Å². The van der Waals surface area contributed by atoms with E-state index in [9.17, 15) is 4.79 Å². The Kier molecular flexibility index (Phi) is 7.08. The van der Waals surface area contributed by atoms with E-state index in [0.29, 0.717) is 6.42 Å². The molecule has 0 heterocycles. The van der Waals surface area contributed by atoms with Crippen molar-refractivity contribution >= 4 is 11.5 Å². The standard InChI is InChI=1S/C24H29NO/c1-6-20(15-21-13-12-17(2)18(3)14-21)16-23(26)19(4)24(25-5)22-10-8-7-9-11-22/h6-14,19-20H,1,15-16H2,2-5H3.